The highest BCUT2D eigenvalue weighted by atomic mass is 16.5. The lowest BCUT2D eigenvalue weighted by molar-refractivity contribution is 0.0815. The van der Waals surface area contributed by atoms with Crippen LogP contribution < -0.4 is 20.7 Å². The zero-order valence-electron chi connectivity index (χ0n) is 15.9. The molecule has 9 nitrogen and oxygen atoms in total. The third kappa shape index (κ3) is 3.31. The molecule has 0 aliphatic carbocycles. The summed E-state index contributed by atoms with van der Waals surface area (Å²) >= 11 is 0. The van der Waals surface area contributed by atoms with Crippen molar-refractivity contribution in [3.8, 4) is 5.75 Å². The molecule has 0 fully saturated rings. The van der Waals surface area contributed by atoms with E-state index in [-0.39, 0.29) is 11.9 Å². The van der Waals surface area contributed by atoms with Gasteiger partial charge >= 0.3 is 0 Å². The molecule has 9 heteroatoms. The molecule has 3 aromatic rings. The lowest BCUT2D eigenvalue weighted by atomic mass is 10.2. The summed E-state index contributed by atoms with van der Waals surface area (Å²) in [6.07, 6.45) is 1.52. The van der Waals surface area contributed by atoms with Crippen LogP contribution in [0.15, 0.2) is 30.5 Å². The van der Waals surface area contributed by atoms with Gasteiger partial charge in [0.25, 0.3) is 5.91 Å². The number of carbonyl (C=O) groups excluding carboxylic acids is 1. The number of fused-ring (bicyclic) bond motifs is 3. The Labute approximate surface area is 162 Å². The van der Waals surface area contributed by atoms with Crippen LogP contribution in [0.25, 0.3) is 5.65 Å². The smallest absolute Gasteiger partial charge is 0.271 e. The second kappa shape index (κ2) is 7.35. The molecular weight excluding hydrogens is 360 g/mol. The fourth-order valence-corrected chi connectivity index (χ4v) is 3.14. The van der Waals surface area contributed by atoms with Crippen LogP contribution in [0.1, 0.15) is 23.0 Å². The van der Waals surface area contributed by atoms with Crippen LogP contribution in [0.5, 0.6) is 5.75 Å². The van der Waals surface area contributed by atoms with Gasteiger partial charge in [0.15, 0.2) is 17.2 Å². The molecule has 28 heavy (non-hydrogen) atoms. The van der Waals surface area contributed by atoms with Crippen LogP contribution in [0.4, 0.5) is 17.2 Å². The van der Waals surface area contributed by atoms with E-state index >= 15 is 0 Å². The maximum absolute atomic E-state index is 12.7. The first-order chi connectivity index (χ1) is 13.6. The van der Waals surface area contributed by atoms with E-state index in [0.29, 0.717) is 36.1 Å². The van der Waals surface area contributed by atoms with Crippen LogP contribution in [0.2, 0.25) is 0 Å². The van der Waals surface area contributed by atoms with Crippen LogP contribution in [0.3, 0.4) is 0 Å². The fourth-order valence-electron chi connectivity index (χ4n) is 3.14. The van der Waals surface area contributed by atoms with Gasteiger partial charge in [0.05, 0.1) is 37.9 Å². The molecule has 1 aliphatic rings. The molecule has 1 atom stereocenters. The summed E-state index contributed by atoms with van der Waals surface area (Å²) in [7, 11) is 3.41. The first-order valence-electron chi connectivity index (χ1n) is 8.98. The zero-order valence-corrected chi connectivity index (χ0v) is 15.9. The predicted octanol–water partition coefficient (Wildman–Crippen LogP) is 2.17. The quantitative estimate of drug-likeness (QED) is 0.624. The van der Waals surface area contributed by atoms with Gasteiger partial charge in [-0.2, -0.15) is 0 Å². The standard InChI is InChI=1S/C19H22N6O3/c1-11-9-28-10-12-4-5-16(27-3)13(6-12)23-17-7-14(20-2)18-21-8-15(19(26)22-11)25(18)24-17/h4-8,11,20H,9-10H2,1-3H3,(H,22,26)(H,23,24)/t11-/m1/s1. The van der Waals surface area contributed by atoms with Gasteiger partial charge in [0, 0.05) is 19.2 Å². The lowest BCUT2D eigenvalue weighted by Gasteiger charge is -2.17. The van der Waals surface area contributed by atoms with Crippen LogP contribution >= 0.6 is 0 Å². The molecule has 0 unspecified atom stereocenters. The molecule has 0 saturated carbocycles. The van der Waals surface area contributed by atoms with Crippen LogP contribution in [-0.2, 0) is 11.3 Å². The molecule has 1 amide bonds. The van der Waals surface area contributed by atoms with E-state index in [4.69, 9.17) is 9.47 Å². The minimum absolute atomic E-state index is 0.163. The maximum atomic E-state index is 12.7. The number of ether oxygens (including phenoxy) is 2. The summed E-state index contributed by atoms with van der Waals surface area (Å²) < 4.78 is 12.8. The van der Waals surface area contributed by atoms with E-state index in [1.54, 1.807) is 14.2 Å². The second-order valence-electron chi connectivity index (χ2n) is 6.62. The fraction of sp³-hybridized carbons (Fsp3) is 0.316. The maximum Gasteiger partial charge on any atom is 0.271 e. The molecule has 2 aromatic heterocycles. The molecule has 4 bridgehead atoms. The Morgan fingerprint density at radius 2 is 2.21 bits per heavy atom. The Kier molecular flexibility index (Phi) is 4.74. The van der Waals surface area contributed by atoms with Gasteiger partial charge in [0.1, 0.15) is 5.75 Å². The highest BCUT2D eigenvalue weighted by Gasteiger charge is 2.19. The Morgan fingerprint density at radius 3 is 3.00 bits per heavy atom. The number of rotatable bonds is 2. The molecule has 3 heterocycles. The Balaban J connectivity index is 1.88. The van der Waals surface area contributed by atoms with Crippen molar-refractivity contribution >= 4 is 28.7 Å². The molecule has 3 N–H and O–H groups in total. The summed E-state index contributed by atoms with van der Waals surface area (Å²) in [5, 5.41) is 13.9. The number of hydrogen-bond acceptors (Lipinski definition) is 7. The molecule has 4 rings (SSSR count). The van der Waals surface area contributed by atoms with Gasteiger partial charge in [-0.15, -0.1) is 5.10 Å². The number of carbonyl (C=O) groups is 1. The predicted molar refractivity (Wildman–Crippen MR) is 105 cm³/mol. The molecule has 1 aliphatic heterocycles. The highest BCUT2D eigenvalue weighted by molar-refractivity contribution is 5.94. The van der Waals surface area contributed by atoms with E-state index in [9.17, 15) is 4.79 Å². The lowest BCUT2D eigenvalue weighted by Crippen LogP contribution is -2.36. The van der Waals surface area contributed by atoms with Crippen molar-refractivity contribution in [2.24, 2.45) is 0 Å². The number of nitrogens with zero attached hydrogens (tertiary/aromatic N) is 3. The van der Waals surface area contributed by atoms with Crippen molar-refractivity contribution in [2.75, 3.05) is 31.4 Å². The van der Waals surface area contributed by atoms with Crippen molar-refractivity contribution in [1.29, 1.82) is 0 Å². The first-order valence-corrected chi connectivity index (χ1v) is 8.98. The van der Waals surface area contributed by atoms with Gasteiger partial charge in [-0.1, -0.05) is 6.07 Å². The average Bonchev–Trinajstić information content (AvgIpc) is 3.11. The Bertz CT molecular complexity index is 1030. The van der Waals surface area contributed by atoms with Crippen LogP contribution in [-0.4, -0.2) is 47.3 Å². The van der Waals surface area contributed by atoms with E-state index in [0.717, 1.165) is 16.9 Å². The van der Waals surface area contributed by atoms with Gasteiger partial charge in [-0.25, -0.2) is 9.50 Å². The van der Waals surface area contributed by atoms with Crippen molar-refractivity contribution in [2.45, 2.75) is 19.6 Å². The van der Waals surface area contributed by atoms with Crippen LogP contribution in [0, 0.1) is 0 Å². The number of anilines is 3. The SMILES string of the molecule is CNc1cc2nn3c(cnc13)C(=O)N[C@H](C)COCc1ccc(OC)c(c1)N2. The zero-order chi connectivity index (χ0) is 19.7. The average molecular weight is 382 g/mol. The summed E-state index contributed by atoms with van der Waals surface area (Å²) in [5.41, 5.74) is 3.40. The number of methoxy groups -OCH3 is 1. The summed E-state index contributed by atoms with van der Waals surface area (Å²) in [6.45, 7) is 2.70. The summed E-state index contributed by atoms with van der Waals surface area (Å²) in [6, 6.07) is 7.47. The number of imidazole rings is 1. The monoisotopic (exact) mass is 382 g/mol. The van der Waals surface area contributed by atoms with E-state index < -0.39 is 0 Å². The molecular formula is C19H22N6O3. The van der Waals surface area contributed by atoms with E-state index in [1.165, 1.54) is 10.7 Å². The van der Waals surface area contributed by atoms with Gasteiger partial charge < -0.3 is 25.4 Å². The molecule has 1 aromatic carbocycles. The number of hydrogen-bond donors (Lipinski definition) is 3. The number of aromatic nitrogens is 3. The topological polar surface area (TPSA) is 102 Å². The number of amides is 1. The normalized spacial score (nSPS) is 17.0. The summed E-state index contributed by atoms with van der Waals surface area (Å²) in [5.74, 6) is 0.967. The van der Waals surface area contributed by atoms with Crippen molar-refractivity contribution in [3.05, 3.63) is 41.7 Å². The van der Waals surface area contributed by atoms with Crippen molar-refractivity contribution in [3.63, 3.8) is 0 Å². The van der Waals surface area contributed by atoms with Gasteiger partial charge in [-0.3, -0.25) is 4.79 Å². The van der Waals surface area contributed by atoms with E-state index in [1.807, 2.05) is 31.2 Å². The second-order valence-corrected chi connectivity index (χ2v) is 6.62. The molecule has 0 saturated heterocycles. The van der Waals surface area contributed by atoms with Gasteiger partial charge in [-0.05, 0) is 24.6 Å². The number of nitrogens with one attached hydrogen (secondary N) is 3. The minimum atomic E-state index is -0.261. The highest BCUT2D eigenvalue weighted by Crippen LogP contribution is 2.30. The largest absolute Gasteiger partial charge is 0.495 e. The van der Waals surface area contributed by atoms with Crippen molar-refractivity contribution in [1.82, 2.24) is 19.9 Å². The number of benzene rings is 1. The van der Waals surface area contributed by atoms with E-state index in [2.05, 4.69) is 26.0 Å². The Hall–Kier alpha value is -3.33. The van der Waals surface area contributed by atoms with Gasteiger partial charge in [0.2, 0.25) is 0 Å². The molecule has 146 valence electrons. The van der Waals surface area contributed by atoms with Crippen molar-refractivity contribution < 1.29 is 14.3 Å². The first kappa shape index (κ1) is 18.1. The Morgan fingerprint density at radius 1 is 1.36 bits per heavy atom. The third-order valence-electron chi connectivity index (χ3n) is 4.51. The molecule has 0 radical (unpaired) electrons. The minimum Gasteiger partial charge on any atom is -0.495 e. The molecule has 0 spiro atoms. The third-order valence-corrected chi connectivity index (χ3v) is 4.51. The summed E-state index contributed by atoms with van der Waals surface area (Å²) in [4.78, 5) is 17.1.